The molecule has 0 saturated heterocycles. The van der Waals surface area contributed by atoms with Gasteiger partial charge in [-0.2, -0.15) is 0 Å². The largest absolute Gasteiger partial charge is 0.497 e. The minimum absolute atomic E-state index is 0.0937. The SMILES string of the molecule is CCC(C)(C)NC(=O)[C@H](c1ccc(OC)cc1)N(C(=O)CCC(=O)Nc1cc(C)on1)c1cc(C)ccc1C. The highest BCUT2D eigenvalue weighted by atomic mass is 16.5. The van der Waals surface area contributed by atoms with Gasteiger partial charge >= 0.3 is 0 Å². The summed E-state index contributed by atoms with van der Waals surface area (Å²) in [6.45, 7) is 11.4. The maximum Gasteiger partial charge on any atom is 0.248 e. The predicted octanol–water partition coefficient (Wildman–Crippen LogP) is 5.41. The molecule has 0 bridgehead atoms. The maximum atomic E-state index is 14.0. The van der Waals surface area contributed by atoms with Crippen LogP contribution in [0.4, 0.5) is 11.5 Å². The Morgan fingerprint density at radius 3 is 2.31 bits per heavy atom. The van der Waals surface area contributed by atoms with Gasteiger partial charge in [-0.05, 0) is 75.9 Å². The van der Waals surface area contributed by atoms with Gasteiger partial charge < -0.3 is 19.9 Å². The lowest BCUT2D eigenvalue weighted by Gasteiger charge is -2.35. The third-order valence-corrected chi connectivity index (χ3v) is 6.64. The van der Waals surface area contributed by atoms with Crippen molar-refractivity contribution in [2.24, 2.45) is 0 Å². The zero-order chi connectivity index (χ0) is 28.7. The van der Waals surface area contributed by atoms with E-state index < -0.39 is 11.6 Å². The molecule has 3 amide bonds. The van der Waals surface area contributed by atoms with Crippen LogP contribution in [0, 0.1) is 20.8 Å². The van der Waals surface area contributed by atoms with Crippen molar-refractivity contribution in [2.75, 3.05) is 17.3 Å². The topological polar surface area (TPSA) is 114 Å². The highest BCUT2D eigenvalue weighted by Gasteiger charge is 2.35. The second-order valence-corrected chi connectivity index (χ2v) is 10.3. The summed E-state index contributed by atoms with van der Waals surface area (Å²) >= 11 is 0. The molecule has 9 heteroatoms. The molecule has 39 heavy (non-hydrogen) atoms. The van der Waals surface area contributed by atoms with Gasteiger partial charge in [0.2, 0.25) is 17.7 Å². The smallest absolute Gasteiger partial charge is 0.248 e. The van der Waals surface area contributed by atoms with Crippen molar-refractivity contribution in [2.45, 2.75) is 72.4 Å². The lowest BCUT2D eigenvalue weighted by molar-refractivity contribution is -0.128. The number of ether oxygens (including phenoxy) is 1. The number of amides is 3. The molecule has 2 N–H and O–H groups in total. The maximum absolute atomic E-state index is 14.0. The normalized spacial score (nSPS) is 12.0. The number of methoxy groups -OCH3 is 1. The fourth-order valence-electron chi connectivity index (χ4n) is 4.06. The highest BCUT2D eigenvalue weighted by Crippen LogP contribution is 2.33. The summed E-state index contributed by atoms with van der Waals surface area (Å²) in [4.78, 5) is 42.0. The van der Waals surface area contributed by atoms with E-state index in [1.165, 1.54) is 4.90 Å². The number of benzene rings is 2. The quantitative estimate of drug-likeness (QED) is 0.340. The molecule has 0 aliphatic heterocycles. The number of hydrogen-bond acceptors (Lipinski definition) is 6. The lowest BCUT2D eigenvalue weighted by Crippen LogP contribution is -2.50. The molecule has 0 aliphatic carbocycles. The second kappa shape index (κ2) is 12.6. The number of hydrogen-bond donors (Lipinski definition) is 2. The van der Waals surface area contributed by atoms with Gasteiger partial charge in [0.1, 0.15) is 17.6 Å². The zero-order valence-electron chi connectivity index (χ0n) is 23.8. The number of carbonyl (C=O) groups excluding carboxylic acids is 3. The average Bonchev–Trinajstić information content (AvgIpc) is 3.31. The van der Waals surface area contributed by atoms with Crippen LogP contribution in [-0.4, -0.2) is 35.5 Å². The van der Waals surface area contributed by atoms with Crippen LogP contribution < -0.4 is 20.3 Å². The third kappa shape index (κ3) is 7.69. The van der Waals surface area contributed by atoms with Crippen LogP contribution in [0.15, 0.2) is 53.1 Å². The van der Waals surface area contributed by atoms with E-state index in [2.05, 4.69) is 15.8 Å². The van der Waals surface area contributed by atoms with Crippen molar-refractivity contribution in [3.63, 3.8) is 0 Å². The first-order chi connectivity index (χ1) is 18.4. The molecule has 0 spiro atoms. The van der Waals surface area contributed by atoms with Gasteiger partial charge in [0.25, 0.3) is 0 Å². The molecule has 208 valence electrons. The molecule has 0 saturated carbocycles. The minimum atomic E-state index is -0.976. The van der Waals surface area contributed by atoms with Gasteiger partial charge in [-0.25, -0.2) is 0 Å². The predicted molar refractivity (Wildman–Crippen MR) is 151 cm³/mol. The van der Waals surface area contributed by atoms with Crippen molar-refractivity contribution in [1.29, 1.82) is 0 Å². The Balaban J connectivity index is 2.02. The molecule has 3 aromatic rings. The Kier molecular flexibility index (Phi) is 9.51. The summed E-state index contributed by atoms with van der Waals surface area (Å²) < 4.78 is 10.3. The first-order valence-electron chi connectivity index (χ1n) is 13.0. The molecule has 0 radical (unpaired) electrons. The van der Waals surface area contributed by atoms with Crippen LogP contribution in [0.3, 0.4) is 0 Å². The molecule has 1 atom stereocenters. The Labute approximate surface area is 229 Å². The van der Waals surface area contributed by atoms with Gasteiger partial charge in [0, 0.05) is 30.1 Å². The summed E-state index contributed by atoms with van der Waals surface area (Å²) in [6.07, 6.45) is 0.490. The van der Waals surface area contributed by atoms with Crippen LogP contribution in [-0.2, 0) is 14.4 Å². The summed E-state index contributed by atoms with van der Waals surface area (Å²) in [5.74, 6) is 0.426. The van der Waals surface area contributed by atoms with Gasteiger partial charge in [-0.1, -0.05) is 36.3 Å². The number of aryl methyl sites for hydroxylation is 3. The summed E-state index contributed by atoms with van der Waals surface area (Å²) in [6, 6.07) is 13.5. The van der Waals surface area contributed by atoms with E-state index in [4.69, 9.17) is 9.26 Å². The summed E-state index contributed by atoms with van der Waals surface area (Å²) in [7, 11) is 1.57. The summed E-state index contributed by atoms with van der Waals surface area (Å²) in [5.41, 5.74) is 2.51. The molecule has 0 unspecified atom stereocenters. The standard InChI is InChI=1S/C30H38N4O5/c1-8-30(5,6)32-29(37)28(22-11-13-23(38-7)14-12-22)34(24-17-19(2)9-10-20(24)3)27(36)16-15-26(35)31-25-18-21(4)39-33-25/h9-14,17-18,28H,8,15-16H2,1-7H3,(H,32,37)(H,31,33,35)/t28-/m0/s1. The van der Waals surface area contributed by atoms with E-state index in [1.807, 2.05) is 52.8 Å². The molecule has 0 aliphatic rings. The second-order valence-electron chi connectivity index (χ2n) is 10.3. The molecular formula is C30H38N4O5. The summed E-state index contributed by atoms with van der Waals surface area (Å²) in [5, 5.41) is 9.52. The van der Waals surface area contributed by atoms with E-state index >= 15 is 0 Å². The number of nitrogens with zero attached hydrogens (tertiary/aromatic N) is 2. The van der Waals surface area contributed by atoms with Gasteiger partial charge in [-0.3, -0.25) is 19.3 Å². The van der Waals surface area contributed by atoms with Gasteiger partial charge in [0.05, 0.1) is 7.11 Å². The van der Waals surface area contributed by atoms with E-state index in [0.717, 1.165) is 11.1 Å². The van der Waals surface area contributed by atoms with Crippen molar-refractivity contribution in [3.05, 3.63) is 71.0 Å². The van der Waals surface area contributed by atoms with E-state index in [-0.39, 0.29) is 36.4 Å². The number of anilines is 2. The zero-order valence-corrected chi connectivity index (χ0v) is 23.8. The fraction of sp³-hybridized carbons (Fsp3) is 0.400. The average molecular weight is 535 g/mol. The Morgan fingerprint density at radius 1 is 1.03 bits per heavy atom. The monoisotopic (exact) mass is 534 g/mol. The van der Waals surface area contributed by atoms with E-state index in [1.54, 1.807) is 44.4 Å². The Hall–Kier alpha value is -4.14. The van der Waals surface area contributed by atoms with Crippen molar-refractivity contribution < 1.29 is 23.6 Å². The first-order valence-corrected chi connectivity index (χ1v) is 13.0. The van der Waals surface area contributed by atoms with Crippen molar-refractivity contribution in [3.8, 4) is 5.75 Å². The molecule has 1 aromatic heterocycles. The van der Waals surface area contributed by atoms with Crippen LogP contribution in [0.25, 0.3) is 0 Å². The number of aromatic nitrogens is 1. The molecule has 1 heterocycles. The van der Waals surface area contributed by atoms with Crippen molar-refractivity contribution >= 4 is 29.2 Å². The number of carbonyl (C=O) groups is 3. The van der Waals surface area contributed by atoms with Crippen molar-refractivity contribution in [1.82, 2.24) is 10.5 Å². The van der Waals surface area contributed by atoms with Gasteiger partial charge in [-0.15, -0.1) is 0 Å². The van der Waals surface area contributed by atoms with Crippen LogP contribution >= 0.6 is 0 Å². The highest BCUT2D eigenvalue weighted by molar-refractivity contribution is 6.03. The fourth-order valence-corrected chi connectivity index (χ4v) is 4.06. The van der Waals surface area contributed by atoms with Crippen LogP contribution in [0.5, 0.6) is 5.75 Å². The van der Waals surface area contributed by atoms with Crippen LogP contribution in [0.2, 0.25) is 0 Å². The van der Waals surface area contributed by atoms with Crippen LogP contribution in [0.1, 0.15) is 68.5 Å². The molecule has 9 nitrogen and oxygen atoms in total. The minimum Gasteiger partial charge on any atom is -0.497 e. The van der Waals surface area contributed by atoms with Gasteiger partial charge in [0.15, 0.2) is 5.82 Å². The first kappa shape index (κ1) is 29.4. The third-order valence-electron chi connectivity index (χ3n) is 6.64. The number of rotatable bonds is 11. The van der Waals surface area contributed by atoms with E-state index in [9.17, 15) is 14.4 Å². The molecule has 0 fully saturated rings. The lowest BCUT2D eigenvalue weighted by atomic mass is 9.97. The Morgan fingerprint density at radius 2 is 1.72 bits per heavy atom. The Bertz CT molecular complexity index is 1310. The molecular weight excluding hydrogens is 496 g/mol. The molecule has 3 rings (SSSR count). The number of nitrogens with one attached hydrogen (secondary N) is 2. The van der Waals surface area contributed by atoms with E-state index in [0.29, 0.717) is 29.2 Å². The molecule has 2 aromatic carbocycles.